The number of hydrogen-bond donors (Lipinski definition) is 3. The number of nitrogens with zero attached hydrogens (tertiary/aromatic N) is 2. The van der Waals surface area contributed by atoms with E-state index in [9.17, 15) is 4.79 Å². The number of rotatable bonds is 2. The number of carboxylic acid groups (broad SMARTS) is 1. The second kappa shape index (κ2) is 10.5. The van der Waals surface area contributed by atoms with Gasteiger partial charge in [-0.2, -0.15) is 5.10 Å². The SMILES string of the molecule is CCC(=O)O.N=NC=NN. The van der Waals surface area contributed by atoms with Gasteiger partial charge in [0.15, 0.2) is 6.34 Å². The van der Waals surface area contributed by atoms with Crippen LogP contribution in [0.4, 0.5) is 0 Å². The van der Waals surface area contributed by atoms with E-state index in [0.29, 0.717) is 0 Å². The van der Waals surface area contributed by atoms with Crippen molar-refractivity contribution < 1.29 is 9.90 Å². The Hall–Kier alpha value is -1.46. The van der Waals surface area contributed by atoms with E-state index in [1.165, 1.54) is 0 Å². The van der Waals surface area contributed by atoms with Crippen molar-refractivity contribution in [3.05, 3.63) is 0 Å². The Balaban J connectivity index is 0. The van der Waals surface area contributed by atoms with E-state index in [0.717, 1.165) is 6.34 Å². The van der Waals surface area contributed by atoms with Crippen molar-refractivity contribution in [2.24, 2.45) is 16.1 Å². The molecule has 0 aromatic rings. The lowest BCUT2D eigenvalue weighted by Gasteiger charge is -1.71. The molecule has 0 rings (SSSR count). The molecule has 10 heavy (non-hydrogen) atoms. The monoisotopic (exact) mass is 146 g/mol. The highest BCUT2D eigenvalue weighted by molar-refractivity contribution is 5.66. The molecule has 0 aliphatic rings. The topological polar surface area (TPSA) is 112 Å². The maximum atomic E-state index is 9.37. The minimum absolute atomic E-state index is 0.222. The summed E-state index contributed by atoms with van der Waals surface area (Å²) in [6.45, 7) is 1.60. The molecule has 0 aliphatic heterocycles. The summed E-state index contributed by atoms with van der Waals surface area (Å²) in [5.41, 5.74) is 6.00. The van der Waals surface area contributed by atoms with Crippen molar-refractivity contribution in [2.75, 3.05) is 0 Å². The van der Waals surface area contributed by atoms with Crippen LogP contribution in [0.25, 0.3) is 0 Å². The molecule has 58 valence electrons. The van der Waals surface area contributed by atoms with Crippen molar-refractivity contribution >= 4 is 12.3 Å². The number of carboxylic acids is 1. The van der Waals surface area contributed by atoms with E-state index in [-0.39, 0.29) is 6.42 Å². The number of nitrogens with one attached hydrogen (secondary N) is 1. The lowest BCUT2D eigenvalue weighted by molar-refractivity contribution is -0.136. The van der Waals surface area contributed by atoms with E-state index in [1.807, 2.05) is 0 Å². The van der Waals surface area contributed by atoms with E-state index in [2.05, 4.69) is 16.1 Å². The van der Waals surface area contributed by atoms with E-state index in [4.69, 9.17) is 10.6 Å². The van der Waals surface area contributed by atoms with E-state index in [1.54, 1.807) is 6.92 Å². The highest BCUT2D eigenvalue weighted by atomic mass is 16.4. The molecule has 0 fully saturated rings. The van der Waals surface area contributed by atoms with Crippen molar-refractivity contribution in [3.8, 4) is 0 Å². The summed E-state index contributed by atoms with van der Waals surface area (Å²) in [4.78, 5) is 9.37. The summed E-state index contributed by atoms with van der Waals surface area (Å²) in [5.74, 6) is 3.75. The average molecular weight is 146 g/mol. The fraction of sp³-hybridized carbons (Fsp3) is 0.500. The molecule has 0 amide bonds. The van der Waals surface area contributed by atoms with Crippen LogP contribution in [0.3, 0.4) is 0 Å². The molecular weight excluding hydrogens is 136 g/mol. The van der Waals surface area contributed by atoms with Gasteiger partial charge in [-0.25, -0.2) is 5.53 Å². The van der Waals surface area contributed by atoms with Gasteiger partial charge in [0.05, 0.1) is 0 Å². The fourth-order valence-electron chi connectivity index (χ4n) is 0.0333. The quantitative estimate of drug-likeness (QED) is 0.172. The molecule has 6 nitrogen and oxygen atoms in total. The van der Waals surface area contributed by atoms with Crippen molar-refractivity contribution in [2.45, 2.75) is 13.3 Å². The third-order valence-electron chi connectivity index (χ3n) is 0.427. The minimum Gasteiger partial charge on any atom is -0.481 e. The molecule has 0 bridgehead atoms. The van der Waals surface area contributed by atoms with Crippen LogP contribution in [0.2, 0.25) is 0 Å². The van der Waals surface area contributed by atoms with Crippen molar-refractivity contribution in [3.63, 3.8) is 0 Å². The Morgan fingerprint density at radius 2 is 2.30 bits per heavy atom. The number of aliphatic carboxylic acids is 1. The normalized spacial score (nSPS) is 8.10. The van der Waals surface area contributed by atoms with E-state index < -0.39 is 5.97 Å². The molecule has 0 unspecified atom stereocenters. The van der Waals surface area contributed by atoms with Gasteiger partial charge in [0.1, 0.15) is 0 Å². The second-order valence-corrected chi connectivity index (χ2v) is 1.14. The Labute approximate surface area is 58.2 Å². The summed E-state index contributed by atoms with van der Waals surface area (Å²) >= 11 is 0. The van der Waals surface area contributed by atoms with Gasteiger partial charge in [-0.15, -0.1) is 5.11 Å². The fourth-order valence-corrected chi connectivity index (χ4v) is 0.0333. The van der Waals surface area contributed by atoms with Crippen LogP contribution in [0.15, 0.2) is 10.2 Å². The Kier molecular flexibility index (Phi) is 11.9. The third-order valence-corrected chi connectivity index (χ3v) is 0.427. The number of hydrogen-bond acceptors (Lipinski definition) is 4. The van der Waals surface area contributed by atoms with Gasteiger partial charge < -0.3 is 10.9 Å². The molecule has 0 radical (unpaired) electrons. The first-order chi connectivity index (χ1) is 4.68. The van der Waals surface area contributed by atoms with Crippen LogP contribution in [-0.4, -0.2) is 17.4 Å². The maximum absolute atomic E-state index is 9.37. The Morgan fingerprint density at radius 3 is 2.30 bits per heavy atom. The largest absolute Gasteiger partial charge is 0.481 e. The highest BCUT2D eigenvalue weighted by Gasteiger charge is 1.80. The first-order valence-corrected chi connectivity index (χ1v) is 2.49. The zero-order chi connectivity index (χ0) is 8.41. The number of hydrazone groups is 1. The summed E-state index contributed by atoms with van der Waals surface area (Å²) in [6, 6.07) is 0. The third kappa shape index (κ3) is 31.1. The van der Waals surface area contributed by atoms with Gasteiger partial charge in [-0.1, -0.05) is 6.92 Å². The summed E-state index contributed by atoms with van der Waals surface area (Å²) in [7, 11) is 0. The Bertz CT molecular complexity index is 122. The molecule has 0 spiro atoms. The molecule has 4 N–H and O–H groups in total. The molecule has 0 atom stereocenters. The maximum Gasteiger partial charge on any atom is 0.303 e. The van der Waals surface area contributed by atoms with Crippen molar-refractivity contribution in [1.82, 2.24) is 0 Å². The van der Waals surface area contributed by atoms with Crippen molar-refractivity contribution in [1.29, 1.82) is 5.53 Å². The predicted molar refractivity (Wildman–Crippen MR) is 35.8 cm³/mol. The molecule has 0 saturated heterocycles. The number of carbonyl (C=O) groups is 1. The summed E-state index contributed by atoms with van der Waals surface area (Å²) < 4.78 is 0. The van der Waals surface area contributed by atoms with Crippen LogP contribution in [-0.2, 0) is 4.79 Å². The highest BCUT2D eigenvalue weighted by Crippen LogP contribution is 1.67. The number of nitrogens with two attached hydrogens (primary N) is 1. The van der Waals surface area contributed by atoms with Gasteiger partial charge >= 0.3 is 5.97 Å². The summed E-state index contributed by atoms with van der Waals surface area (Å²) in [5, 5.41) is 13.3. The van der Waals surface area contributed by atoms with Gasteiger partial charge in [-0.05, 0) is 0 Å². The lowest BCUT2D eigenvalue weighted by Crippen LogP contribution is -1.86. The van der Waals surface area contributed by atoms with Gasteiger partial charge in [0.25, 0.3) is 0 Å². The second-order valence-electron chi connectivity index (χ2n) is 1.14. The van der Waals surface area contributed by atoms with Gasteiger partial charge in [-0.3, -0.25) is 4.79 Å². The van der Waals surface area contributed by atoms with E-state index >= 15 is 0 Å². The zero-order valence-electron chi connectivity index (χ0n) is 5.61. The minimum atomic E-state index is -0.745. The predicted octanol–water partition coefficient (Wildman–Crippen LogP) is 0.400. The first kappa shape index (κ1) is 11.4. The molecule has 0 saturated carbocycles. The summed E-state index contributed by atoms with van der Waals surface area (Å²) in [6.07, 6.45) is 1.17. The first-order valence-electron chi connectivity index (χ1n) is 2.49. The van der Waals surface area contributed by atoms with Crippen LogP contribution in [0.5, 0.6) is 0 Å². The van der Waals surface area contributed by atoms with Crippen LogP contribution in [0.1, 0.15) is 13.3 Å². The van der Waals surface area contributed by atoms with Gasteiger partial charge in [0.2, 0.25) is 0 Å². The molecule has 0 aliphatic carbocycles. The van der Waals surface area contributed by atoms with Crippen LogP contribution < -0.4 is 5.84 Å². The smallest absolute Gasteiger partial charge is 0.303 e. The van der Waals surface area contributed by atoms with Gasteiger partial charge in [0, 0.05) is 6.42 Å². The average Bonchev–Trinajstić information content (AvgIpc) is 1.91. The molecular formula is C4H10N4O2. The molecule has 0 heterocycles. The Morgan fingerprint density at radius 1 is 1.90 bits per heavy atom. The standard InChI is InChI=1S/C3H6O2.CH4N4/c1-2-3(4)5;2-4-1-5-3/h2H2,1H3,(H,4,5);1-2H,3H2. The molecule has 0 aromatic carbocycles. The lowest BCUT2D eigenvalue weighted by atomic mass is 10.5. The van der Waals surface area contributed by atoms with Crippen LogP contribution in [0, 0.1) is 5.53 Å². The van der Waals surface area contributed by atoms with Crippen LogP contribution >= 0.6 is 0 Å². The zero-order valence-corrected chi connectivity index (χ0v) is 5.61. The molecule has 6 heteroatoms. The molecule has 0 aromatic heterocycles.